The van der Waals surface area contributed by atoms with Gasteiger partial charge in [0, 0.05) is 19.1 Å². The highest BCUT2D eigenvalue weighted by Gasteiger charge is 2.22. The first kappa shape index (κ1) is 13.5. The molecule has 1 aromatic carbocycles. The summed E-state index contributed by atoms with van der Waals surface area (Å²) in [4.78, 5) is 2.46. The number of rotatable bonds is 4. The Bertz CT molecular complexity index is 392. The second-order valence-corrected chi connectivity index (χ2v) is 5.07. The second-order valence-electron chi connectivity index (χ2n) is 5.07. The maximum Gasteiger partial charge on any atom is 0.126 e. The van der Waals surface area contributed by atoms with Crippen LogP contribution in [0.2, 0.25) is 0 Å². The lowest BCUT2D eigenvalue weighted by Gasteiger charge is -2.35. The highest BCUT2D eigenvalue weighted by Crippen LogP contribution is 2.17. The van der Waals surface area contributed by atoms with Crippen molar-refractivity contribution in [3.8, 4) is 0 Å². The van der Waals surface area contributed by atoms with E-state index in [4.69, 9.17) is 4.74 Å². The summed E-state index contributed by atoms with van der Waals surface area (Å²) in [6.07, 6.45) is 2.34. The molecule has 1 aromatic rings. The van der Waals surface area contributed by atoms with Crippen LogP contribution in [0.15, 0.2) is 18.2 Å². The van der Waals surface area contributed by atoms with Crippen molar-refractivity contribution in [2.75, 3.05) is 19.8 Å². The molecule has 2 rings (SSSR count). The van der Waals surface area contributed by atoms with E-state index in [1.54, 1.807) is 6.07 Å². The van der Waals surface area contributed by atoms with Crippen LogP contribution in [0.5, 0.6) is 0 Å². The maximum atomic E-state index is 13.2. The van der Waals surface area contributed by atoms with Crippen LogP contribution in [-0.4, -0.2) is 30.7 Å². The smallest absolute Gasteiger partial charge is 0.126 e. The third-order valence-electron chi connectivity index (χ3n) is 3.58. The van der Waals surface area contributed by atoms with Gasteiger partial charge in [-0.2, -0.15) is 0 Å². The summed E-state index contributed by atoms with van der Waals surface area (Å²) in [5.74, 6) is -0.120. The van der Waals surface area contributed by atoms with Crippen molar-refractivity contribution in [3.05, 3.63) is 35.1 Å². The zero-order chi connectivity index (χ0) is 13.0. The molecule has 18 heavy (non-hydrogen) atoms. The first-order valence-electron chi connectivity index (χ1n) is 6.77. The minimum atomic E-state index is -0.120. The maximum absolute atomic E-state index is 13.2. The molecule has 1 saturated heterocycles. The van der Waals surface area contributed by atoms with Crippen LogP contribution in [0.25, 0.3) is 0 Å². The molecule has 0 bridgehead atoms. The lowest BCUT2D eigenvalue weighted by molar-refractivity contribution is -0.0147. The number of ether oxygens (including phenoxy) is 1. The van der Waals surface area contributed by atoms with E-state index in [0.717, 1.165) is 31.9 Å². The van der Waals surface area contributed by atoms with Gasteiger partial charge in [-0.3, -0.25) is 4.90 Å². The summed E-state index contributed by atoms with van der Waals surface area (Å²) in [6, 6.07) is 5.92. The molecule has 1 aliphatic heterocycles. The van der Waals surface area contributed by atoms with Gasteiger partial charge in [-0.1, -0.05) is 25.5 Å². The number of nitrogens with zero attached hydrogens (tertiary/aromatic N) is 1. The SMILES string of the molecule is CCC[C@H]1COCCN1Cc1ccc(F)c(C)c1. The van der Waals surface area contributed by atoms with Crippen molar-refractivity contribution >= 4 is 0 Å². The molecule has 0 amide bonds. The van der Waals surface area contributed by atoms with Gasteiger partial charge in [-0.25, -0.2) is 4.39 Å². The van der Waals surface area contributed by atoms with Crippen molar-refractivity contribution < 1.29 is 9.13 Å². The first-order chi connectivity index (χ1) is 8.70. The lowest BCUT2D eigenvalue weighted by Crippen LogP contribution is -2.44. The molecule has 3 heteroatoms. The Labute approximate surface area is 109 Å². The Morgan fingerprint density at radius 2 is 2.28 bits per heavy atom. The molecule has 0 saturated carbocycles. The summed E-state index contributed by atoms with van der Waals surface area (Å²) in [7, 11) is 0. The normalized spacial score (nSPS) is 21.2. The van der Waals surface area contributed by atoms with Crippen LogP contribution >= 0.6 is 0 Å². The molecule has 0 aromatic heterocycles. The average molecular weight is 251 g/mol. The number of hydrogen-bond donors (Lipinski definition) is 0. The van der Waals surface area contributed by atoms with Crippen LogP contribution < -0.4 is 0 Å². The number of hydrogen-bond acceptors (Lipinski definition) is 2. The zero-order valence-electron chi connectivity index (χ0n) is 11.3. The number of halogens is 1. The van der Waals surface area contributed by atoms with Crippen molar-refractivity contribution in [1.29, 1.82) is 0 Å². The molecule has 1 heterocycles. The van der Waals surface area contributed by atoms with Gasteiger partial charge in [0.25, 0.3) is 0 Å². The van der Waals surface area contributed by atoms with Crippen LogP contribution in [-0.2, 0) is 11.3 Å². The lowest BCUT2D eigenvalue weighted by atomic mass is 10.1. The van der Waals surface area contributed by atoms with Crippen molar-refractivity contribution in [1.82, 2.24) is 4.90 Å². The Hall–Kier alpha value is -0.930. The van der Waals surface area contributed by atoms with Gasteiger partial charge in [-0.05, 0) is 30.5 Å². The molecule has 2 nitrogen and oxygen atoms in total. The van der Waals surface area contributed by atoms with Gasteiger partial charge in [0.05, 0.1) is 13.2 Å². The third kappa shape index (κ3) is 3.30. The Kier molecular flexibility index (Phi) is 4.72. The summed E-state index contributed by atoms with van der Waals surface area (Å²) >= 11 is 0. The minimum Gasteiger partial charge on any atom is -0.378 e. The number of benzene rings is 1. The molecular weight excluding hydrogens is 229 g/mol. The minimum absolute atomic E-state index is 0.120. The number of morpholine rings is 1. The van der Waals surface area contributed by atoms with Gasteiger partial charge in [-0.15, -0.1) is 0 Å². The molecule has 0 N–H and O–H groups in total. The predicted molar refractivity (Wildman–Crippen MR) is 71.1 cm³/mol. The van der Waals surface area contributed by atoms with Gasteiger partial charge in [0.15, 0.2) is 0 Å². The van der Waals surface area contributed by atoms with E-state index < -0.39 is 0 Å². The van der Waals surface area contributed by atoms with Crippen LogP contribution in [0, 0.1) is 12.7 Å². The Morgan fingerprint density at radius 1 is 1.44 bits per heavy atom. The van der Waals surface area contributed by atoms with Crippen LogP contribution in [0.4, 0.5) is 4.39 Å². The zero-order valence-corrected chi connectivity index (χ0v) is 11.3. The monoisotopic (exact) mass is 251 g/mol. The van der Waals surface area contributed by atoms with Gasteiger partial charge < -0.3 is 4.74 Å². The fourth-order valence-corrected chi connectivity index (χ4v) is 2.54. The standard InChI is InChI=1S/C15H22FNO/c1-3-4-14-11-18-8-7-17(14)10-13-5-6-15(16)12(2)9-13/h5-6,9,14H,3-4,7-8,10-11H2,1-2H3/t14-/m0/s1. The Balaban J connectivity index is 2.03. The Morgan fingerprint density at radius 3 is 3.00 bits per heavy atom. The molecule has 0 aliphatic carbocycles. The topological polar surface area (TPSA) is 12.5 Å². The summed E-state index contributed by atoms with van der Waals surface area (Å²) in [5, 5.41) is 0. The molecule has 100 valence electrons. The van der Waals surface area contributed by atoms with Gasteiger partial charge in [0.2, 0.25) is 0 Å². The van der Waals surface area contributed by atoms with E-state index in [1.807, 2.05) is 19.1 Å². The summed E-state index contributed by atoms with van der Waals surface area (Å²) < 4.78 is 18.8. The van der Waals surface area contributed by atoms with E-state index in [2.05, 4.69) is 11.8 Å². The van der Waals surface area contributed by atoms with Gasteiger partial charge >= 0.3 is 0 Å². The predicted octanol–water partition coefficient (Wildman–Crippen LogP) is 3.14. The average Bonchev–Trinajstić information content (AvgIpc) is 2.37. The first-order valence-corrected chi connectivity index (χ1v) is 6.77. The van der Waals surface area contributed by atoms with Gasteiger partial charge in [0.1, 0.15) is 5.82 Å². The quantitative estimate of drug-likeness (QED) is 0.815. The van der Waals surface area contributed by atoms with E-state index in [1.165, 1.54) is 18.4 Å². The van der Waals surface area contributed by atoms with Crippen molar-refractivity contribution in [2.24, 2.45) is 0 Å². The van der Waals surface area contributed by atoms with Crippen LogP contribution in [0.1, 0.15) is 30.9 Å². The fourth-order valence-electron chi connectivity index (χ4n) is 2.54. The van der Waals surface area contributed by atoms with E-state index in [0.29, 0.717) is 6.04 Å². The molecule has 1 aliphatic rings. The summed E-state index contributed by atoms with van der Waals surface area (Å²) in [5.41, 5.74) is 1.92. The highest BCUT2D eigenvalue weighted by atomic mass is 19.1. The van der Waals surface area contributed by atoms with E-state index in [-0.39, 0.29) is 5.82 Å². The molecule has 1 atom stereocenters. The highest BCUT2D eigenvalue weighted by molar-refractivity contribution is 5.23. The van der Waals surface area contributed by atoms with Crippen molar-refractivity contribution in [2.45, 2.75) is 39.3 Å². The summed E-state index contributed by atoms with van der Waals surface area (Å²) in [6.45, 7) is 7.53. The molecular formula is C15H22FNO. The van der Waals surface area contributed by atoms with Crippen molar-refractivity contribution in [3.63, 3.8) is 0 Å². The van der Waals surface area contributed by atoms with Crippen LogP contribution in [0.3, 0.4) is 0 Å². The second kappa shape index (κ2) is 6.30. The molecule has 1 fully saturated rings. The molecule has 0 radical (unpaired) electrons. The largest absolute Gasteiger partial charge is 0.378 e. The fraction of sp³-hybridized carbons (Fsp3) is 0.600. The third-order valence-corrected chi connectivity index (χ3v) is 3.58. The number of aryl methyl sites for hydroxylation is 1. The van der Waals surface area contributed by atoms with E-state index >= 15 is 0 Å². The molecule has 0 unspecified atom stereocenters. The van der Waals surface area contributed by atoms with E-state index in [9.17, 15) is 4.39 Å². The molecule has 0 spiro atoms.